The number of hydrogen-bond donors (Lipinski definition) is 2. The molecule has 0 spiro atoms. The molecule has 1 aromatic carbocycles. The van der Waals surface area contributed by atoms with E-state index in [1.165, 1.54) is 0 Å². The zero-order valence-corrected chi connectivity index (χ0v) is 9.94. The minimum Gasteiger partial charge on any atom is -0.380 e. The van der Waals surface area contributed by atoms with Crippen molar-refractivity contribution < 1.29 is 14.4 Å². The molecule has 1 rings (SSSR count). The molecule has 2 amide bonds. The van der Waals surface area contributed by atoms with Crippen LogP contribution >= 0.6 is 0 Å². The molecule has 0 bridgehead atoms. The molecule has 17 heavy (non-hydrogen) atoms. The van der Waals surface area contributed by atoms with Gasteiger partial charge >= 0.3 is 6.03 Å². The maximum absolute atomic E-state index is 11.2. The first-order valence-electron chi connectivity index (χ1n) is 5.60. The molecule has 0 fully saturated rings. The smallest absolute Gasteiger partial charge is 0.338 e. The van der Waals surface area contributed by atoms with Crippen LogP contribution in [-0.4, -0.2) is 25.8 Å². The topological polar surface area (TPSA) is 59.6 Å². The summed E-state index contributed by atoms with van der Waals surface area (Å²) in [5.41, 5.74) is 3.30. The van der Waals surface area contributed by atoms with Crippen LogP contribution in [0.2, 0.25) is 0 Å². The van der Waals surface area contributed by atoms with Gasteiger partial charge in [-0.3, -0.25) is 4.84 Å². The Morgan fingerprint density at radius 2 is 2.06 bits per heavy atom. The Bertz CT molecular complexity index is 317. The molecule has 0 aliphatic rings. The molecule has 0 aliphatic heterocycles. The molecule has 0 unspecified atom stereocenters. The van der Waals surface area contributed by atoms with E-state index in [0.717, 1.165) is 5.56 Å². The molecule has 94 valence electrons. The molecule has 1 aromatic rings. The number of hydroxylamine groups is 1. The molecule has 0 saturated carbocycles. The molecule has 0 saturated heterocycles. The van der Waals surface area contributed by atoms with Crippen molar-refractivity contribution in [1.82, 2.24) is 10.8 Å². The van der Waals surface area contributed by atoms with Crippen LogP contribution in [0.25, 0.3) is 0 Å². The van der Waals surface area contributed by atoms with Crippen molar-refractivity contribution in [3.8, 4) is 0 Å². The molecule has 0 heterocycles. The van der Waals surface area contributed by atoms with E-state index in [2.05, 4.69) is 10.8 Å². The van der Waals surface area contributed by atoms with Crippen LogP contribution in [0, 0.1) is 0 Å². The van der Waals surface area contributed by atoms with Gasteiger partial charge in [0, 0.05) is 13.2 Å². The van der Waals surface area contributed by atoms with Gasteiger partial charge in [0.2, 0.25) is 0 Å². The summed E-state index contributed by atoms with van der Waals surface area (Å²) in [7, 11) is 0. The molecule has 0 aliphatic carbocycles. The van der Waals surface area contributed by atoms with Crippen LogP contribution in [0.3, 0.4) is 0 Å². The summed E-state index contributed by atoms with van der Waals surface area (Å²) in [5, 5.41) is 2.60. The second-order valence-electron chi connectivity index (χ2n) is 3.33. The van der Waals surface area contributed by atoms with Crippen molar-refractivity contribution in [2.45, 2.75) is 13.5 Å². The van der Waals surface area contributed by atoms with E-state index in [9.17, 15) is 4.79 Å². The fourth-order valence-electron chi connectivity index (χ4n) is 1.18. The normalized spacial score (nSPS) is 9.94. The molecule has 2 N–H and O–H groups in total. The van der Waals surface area contributed by atoms with Crippen molar-refractivity contribution in [2.75, 3.05) is 19.8 Å². The fraction of sp³-hybridized carbons (Fsp3) is 0.417. The maximum atomic E-state index is 11.2. The lowest BCUT2D eigenvalue weighted by molar-refractivity contribution is 0.0481. The molecule has 0 radical (unpaired) electrons. The summed E-state index contributed by atoms with van der Waals surface area (Å²) in [5.74, 6) is 0. The highest BCUT2D eigenvalue weighted by Crippen LogP contribution is 1.98. The lowest BCUT2D eigenvalue weighted by Gasteiger charge is -2.07. The van der Waals surface area contributed by atoms with E-state index >= 15 is 0 Å². The van der Waals surface area contributed by atoms with Crippen molar-refractivity contribution in [3.05, 3.63) is 35.9 Å². The van der Waals surface area contributed by atoms with Gasteiger partial charge in [0.15, 0.2) is 0 Å². The van der Waals surface area contributed by atoms with E-state index in [-0.39, 0.29) is 6.03 Å². The second kappa shape index (κ2) is 8.55. The largest absolute Gasteiger partial charge is 0.380 e. The first kappa shape index (κ1) is 13.5. The first-order chi connectivity index (χ1) is 8.33. The number of benzene rings is 1. The summed E-state index contributed by atoms with van der Waals surface area (Å²) in [4.78, 5) is 16.2. The molecule has 5 heteroatoms. The van der Waals surface area contributed by atoms with Gasteiger partial charge in [-0.15, -0.1) is 0 Å². The summed E-state index contributed by atoms with van der Waals surface area (Å²) >= 11 is 0. The zero-order valence-electron chi connectivity index (χ0n) is 9.94. The summed E-state index contributed by atoms with van der Waals surface area (Å²) in [6, 6.07) is 9.25. The van der Waals surface area contributed by atoms with Gasteiger partial charge in [0.05, 0.1) is 13.2 Å². The summed E-state index contributed by atoms with van der Waals surface area (Å²) in [6.45, 7) is 3.87. The number of carbonyl (C=O) groups excluding carboxylic acids is 1. The van der Waals surface area contributed by atoms with Crippen molar-refractivity contribution in [2.24, 2.45) is 0 Å². The summed E-state index contributed by atoms with van der Waals surface area (Å²) < 4.78 is 5.07. The molecule has 0 aromatic heterocycles. The lowest BCUT2D eigenvalue weighted by atomic mass is 10.2. The van der Waals surface area contributed by atoms with Gasteiger partial charge < -0.3 is 10.1 Å². The van der Waals surface area contributed by atoms with Gasteiger partial charge in [0.1, 0.15) is 0 Å². The molecular formula is C12H18N2O3. The standard InChI is InChI=1S/C12H18N2O3/c1-2-16-9-8-13-12(15)14-17-10-11-6-4-3-5-7-11/h3-7H,2,8-10H2,1H3,(H2,13,14,15). The molecule has 0 atom stereocenters. The monoisotopic (exact) mass is 238 g/mol. The average molecular weight is 238 g/mol. The van der Waals surface area contributed by atoms with Crippen LogP contribution in [0.4, 0.5) is 4.79 Å². The Kier molecular flexibility index (Phi) is 6.78. The van der Waals surface area contributed by atoms with E-state index in [4.69, 9.17) is 9.57 Å². The van der Waals surface area contributed by atoms with Gasteiger partial charge in [-0.2, -0.15) is 0 Å². The number of ether oxygens (including phenoxy) is 1. The average Bonchev–Trinajstić information content (AvgIpc) is 2.36. The minimum atomic E-state index is -0.361. The predicted molar refractivity (Wildman–Crippen MR) is 64.3 cm³/mol. The van der Waals surface area contributed by atoms with Gasteiger partial charge in [-0.25, -0.2) is 10.3 Å². The first-order valence-corrected chi connectivity index (χ1v) is 5.60. The third-order valence-electron chi connectivity index (χ3n) is 1.98. The number of amides is 2. The Morgan fingerprint density at radius 1 is 1.29 bits per heavy atom. The number of hydrogen-bond acceptors (Lipinski definition) is 3. The Morgan fingerprint density at radius 3 is 2.76 bits per heavy atom. The van der Waals surface area contributed by atoms with Crippen LogP contribution < -0.4 is 10.8 Å². The van der Waals surface area contributed by atoms with Gasteiger partial charge in [0.25, 0.3) is 0 Å². The molecular weight excluding hydrogens is 220 g/mol. The Balaban J connectivity index is 2.04. The minimum absolute atomic E-state index is 0.347. The van der Waals surface area contributed by atoms with Crippen LogP contribution in [0.5, 0.6) is 0 Å². The zero-order chi connectivity index (χ0) is 12.3. The van der Waals surface area contributed by atoms with E-state index in [1.54, 1.807) is 0 Å². The van der Waals surface area contributed by atoms with Crippen molar-refractivity contribution in [1.29, 1.82) is 0 Å². The number of carbonyl (C=O) groups is 1. The highest BCUT2D eigenvalue weighted by molar-refractivity contribution is 5.72. The van der Waals surface area contributed by atoms with Crippen LogP contribution in [-0.2, 0) is 16.2 Å². The Hall–Kier alpha value is -1.59. The highest BCUT2D eigenvalue weighted by atomic mass is 16.7. The number of urea groups is 1. The van der Waals surface area contributed by atoms with Crippen LogP contribution in [0.1, 0.15) is 12.5 Å². The lowest BCUT2D eigenvalue weighted by Crippen LogP contribution is -2.37. The van der Waals surface area contributed by atoms with Crippen molar-refractivity contribution >= 4 is 6.03 Å². The van der Waals surface area contributed by atoms with Gasteiger partial charge in [-0.05, 0) is 12.5 Å². The maximum Gasteiger partial charge on any atom is 0.338 e. The van der Waals surface area contributed by atoms with Gasteiger partial charge in [-0.1, -0.05) is 30.3 Å². The SMILES string of the molecule is CCOCCNC(=O)NOCc1ccccc1. The predicted octanol–water partition coefficient (Wildman–Crippen LogP) is 1.45. The molecule has 5 nitrogen and oxygen atoms in total. The third-order valence-corrected chi connectivity index (χ3v) is 1.98. The number of nitrogens with one attached hydrogen (secondary N) is 2. The van der Waals surface area contributed by atoms with E-state index < -0.39 is 0 Å². The highest BCUT2D eigenvalue weighted by Gasteiger charge is 1.98. The summed E-state index contributed by atoms with van der Waals surface area (Å²) in [6.07, 6.45) is 0. The number of rotatable bonds is 7. The van der Waals surface area contributed by atoms with Crippen molar-refractivity contribution in [3.63, 3.8) is 0 Å². The van der Waals surface area contributed by atoms with Crippen LogP contribution in [0.15, 0.2) is 30.3 Å². The second-order valence-corrected chi connectivity index (χ2v) is 3.33. The fourth-order valence-corrected chi connectivity index (χ4v) is 1.18. The Labute approximate surface area is 101 Å². The van der Waals surface area contributed by atoms with E-state index in [1.807, 2.05) is 37.3 Å². The third kappa shape index (κ3) is 6.55. The van der Waals surface area contributed by atoms with E-state index in [0.29, 0.717) is 26.4 Å². The quantitative estimate of drug-likeness (QED) is 0.558.